The van der Waals surface area contributed by atoms with Crippen LogP contribution in [0.1, 0.15) is 30.1 Å². The van der Waals surface area contributed by atoms with Gasteiger partial charge in [0.2, 0.25) is 10.0 Å². The van der Waals surface area contributed by atoms with Crippen LogP contribution in [0.15, 0.2) is 23.1 Å². The summed E-state index contributed by atoms with van der Waals surface area (Å²) in [6.07, 6.45) is 1.89. The van der Waals surface area contributed by atoms with Crippen molar-refractivity contribution in [3.05, 3.63) is 23.8 Å². The summed E-state index contributed by atoms with van der Waals surface area (Å²) >= 11 is 0. The molecule has 0 aromatic heterocycles. The van der Waals surface area contributed by atoms with Gasteiger partial charge in [-0.15, -0.1) is 0 Å². The van der Waals surface area contributed by atoms with Gasteiger partial charge in [-0.2, -0.15) is 4.31 Å². The lowest BCUT2D eigenvalue weighted by Crippen LogP contribution is -2.41. The molecule has 2 saturated heterocycles. The SMILES string of the molecule is COc1ccc(S(=O)(=O)N2CCC[C@H](C)C2)cc1C(=O)N1CCOCC1. The summed E-state index contributed by atoms with van der Waals surface area (Å²) < 4.78 is 38.1. The van der Waals surface area contributed by atoms with Gasteiger partial charge in [-0.1, -0.05) is 6.92 Å². The number of hydrogen-bond acceptors (Lipinski definition) is 5. The molecule has 2 fully saturated rings. The molecule has 2 aliphatic rings. The number of ether oxygens (including phenoxy) is 2. The molecular weight excluding hydrogens is 356 g/mol. The Kier molecular flexibility index (Phi) is 5.84. The first-order chi connectivity index (χ1) is 12.4. The maximum atomic E-state index is 13.0. The Balaban J connectivity index is 1.92. The van der Waals surface area contributed by atoms with E-state index in [-0.39, 0.29) is 16.4 Å². The molecule has 0 bridgehead atoms. The summed E-state index contributed by atoms with van der Waals surface area (Å²) in [5.41, 5.74) is 0.278. The van der Waals surface area contributed by atoms with Crippen molar-refractivity contribution in [1.82, 2.24) is 9.21 Å². The molecule has 3 rings (SSSR count). The third kappa shape index (κ3) is 3.87. The highest BCUT2D eigenvalue weighted by Crippen LogP contribution is 2.28. The molecule has 0 spiro atoms. The van der Waals surface area contributed by atoms with Crippen LogP contribution in [0.25, 0.3) is 0 Å². The van der Waals surface area contributed by atoms with Crippen molar-refractivity contribution < 1.29 is 22.7 Å². The van der Waals surface area contributed by atoms with E-state index in [0.717, 1.165) is 12.8 Å². The molecule has 2 aliphatic heterocycles. The number of benzene rings is 1. The van der Waals surface area contributed by atoms with Crippen LogP contribution in [0, 0.1) is 5.92 Å². The standard InChI is InChI=1S/C18H26N2O5S/c1-14-4-3-7-20(13-14)26(22,23)15-5-6-17(24-2)16(12-15)18(21)19-8-10-25-11-9-19/h5-6,12,14H,3-4,7-11,13H2,1-2H3/t14-/m0/s1. The molecule has 1 aromatic rings. The summed E-state index contributed by atoms with van der Waals surface area (Å²) in [5.74, 6) is 0.493. The zero-order valence-corrected chi connectivity index (χ0v) is 16.1. The third-order valence-corrected chi connectivity index (χ3v) is 6.82. The van der Waals surface area contributed by atoms with Crippen LogP contribution >= 0.6 is 0 Å². The molecule has 8 heteroatoms. The van der Waals surface area contributed by atoms with Crippen LogP contribution in [-0.4, -0.2) is 70.0 Å². The lowest BCUT2D eigenvalue weighted by molar-refractivity contribution is 0.0300. The van der Waals surface area contributed by atoms with Gasteiger partial charge in [-0.05, 0) is 37.0 Å². The van der Waals surface area contributed by atoms with Gasteiger partial charge in [0.1, 0.15) is 5.75 Å². The maximum absolute atomic E-state index is 13.0. The van der Waals surface area contributed by atoms with Crippen molar-refractivity contribution in [1.29, 1.82) is 0 Å². The first kappa shape index (κ1) is 19.1. The van der Waals surface area contributed by atoms with Gasteiger partial charge >= 0.3 is 0 Å². The first-order valence-electron chi connectivity index (χ1n) is 8.98. The largest absolute Gasteiger partial charge is 0.496 e. The van der Waals surface area contributed by atoms with E-state index >= 15 is 0 Å². The molecule has 1 aromatic carbocycles. The summed E-state index contributed by atoms with van der Waals surface area (Å²) in [7, 11) is -2.15. The van der Waals surface area contributed by atoms with Crippen molar-refractivity contribution in [2.24, 2.45) is 5.92 Å². The lowest BCUT2D eigenvalue weighted by Gasteiger charge is -2.30. The van der Waals surface area contributed by atoms with E-state index in [2.05, 4.69) is 6.92 Å². The van der Waals surface area contributed by atoms with Crippen LogP contribution < -0.4 is 4.74 Å². The molecule has 7 nitrogen and oxygen atoms in total. The molecule has 0 aliphatic carbocycles. The van der Waals surface area contributed by atoms with Gasteiger partial charge in [0.25, 0.3) is 5.91 Å². The average molecular weight is 382 g/mol. The number of nitrogens with zero attached hydrogens (tertiary/aromatic N) is 2. The zero-order valence-electron chi connectivity index (χ0n) is 15.3. The van der Waals surface area contributed by atoms with Gasteiger partial charge < -0.3 is 14.4 Å². The number of carbonyl (C=O) groups is 1. The van der Waals surface area contributed by atoms with Gasteiger partial charge in [0.05, 0.1) is 30.8 Å². The fraction of sp³-hybridized carbons (Fsp3) is 0.611. The molecule has 1 amide bonds. The minimum atomic E-state index is -3.62. The summed E-state index contributed by atoms with van der Waals surface area (Å²) in [5, 5.41) is 0. The number of carbonyl (C=O) groups excluding carboxylic acids is 1. The summed E-state index contributed by atoms with van der Waals surface area (Å²) in [6, 6.07) is 4.53. The molecule has 26 heavy (non-hydrogen) atoms. The van der Waals surface area contributed by atoms with E-state index in [0.29, 0.717) is 51.1 Å². The number of piperidine rings is 1. The smallest absolute Gasteiger partial charge is 0.257 e. The van der Waals surface area contributed by atoms with Gasteiger partial charge in [0, 0.05) is 26.2 Å². The highest BCUT2D eigenvalue weighted by Gasteiger charge is 2.30. The highest BCUT2D eigenvalue weighted by molar-refractivity contribution is 7.89. The number of hydrogen-bond donors (Lipinski definition) is 0. The molecule has 0 N–H and O–H groups in total. The number of morpholine rings is 1. The van der Waals surface area contributed by atoms with E-state index in [4.69, 9.17) is 9.47 Å². The van der Waals surface area contributed by atoms with Crippen LogP contribution in [-0.2, 0) is 14.8 Å². The van der Waals surface area contributed by atoms with Crippen molar-refractivity contribution in [2.75, 3.05) is 46.5 Å². The van der Waals surface area contributed by atoms with E-state index in [1.165, 1.54) is 23.5 Å². The van der Waals surface area contributed by atoms with Crippen molar-refractivity contribution >= 4 is 15.9 Å². The molecule has 0 radical (unpaired) electrons. The Morgan fingerprint density at radius 3 is 2.62 bits per heavy atom. The molecule has 0 unspecified atom stereocenters. The second-order valence-electron chi connectivity index (χ2n) is 6.88. The Morgan fingerprint density at radius 1 is 1.23 bits per heavy atom. The van der Waals surface area contributed by atoms with E-state index < -0.39 is 10.0 Å². The Labute approximate surface area is 154 Å². The quantitative estimate of drug-likeness (QED) is 0.790. The molecular formula is C18H26N2O5S. The number of rotatable bonds is 4. The van der Waals surface area contributed by atoms with Crippen molar-refractivity contribution in [3.8, 4) is 5.75 Å². The normalized spacial score (nSPS) is 22.2. The first-order valence-corrected chi connectivity index (χ1v) is 10.4. The minimum absolute atomic E-state index is 0.143. The molecule has 2 heterocycles. The molecule has 1 atom stereocenters. The Morgan fingerprint density at radius 2 is 1.96 bits per heavy atom. The van der Waals surface area contributed by atoms with Crippen LogP contribution in [0.5, 0.6) is 5.75 Å². The van der Waals surface area contributed by atoms with Crippen LogP contribution in [0.4, 0.5) is 0 Å². The molecule has 144 valence electrons. The fourth-order valence-electron chi connectivity index (χ4n) is 3.47. The number of sulfonamides is 1. The van der Waals surface area contributed by atoms with E-state index in [1.54, 1.807) is 11.0 Å². The molecule has 0 saturated carbocycles. The van der Waals surface area contributed by atoms with E-state index in [9.17, 15) is 13.2 Å². The maximum Gasteiger partial charge on any atom is 0.257 e. The zero-order chi connectivity index (χ0) is 18.7. The van der Waals surface area contributed by atoms with Crippen molar-refractivity contribution in [2.45, 2.75) is 24.7 Å². The predicted molar refractivity (Wildman–Crippen MR) is 96.9 cm³/mol. The minimum Gasteiger partial charge on any atom is -0.496 e. The average Bonchev–Trinajstić information content (AvgIpc) is 2.67. The van der Waals surface area contributed by atoms with Gasteiger partial charge in [-0.3, -0.25) is 4.79 Å². The van der Waals surface area contributed by atoms with Crippen LogP contribution in [0.3, 0.4) is 0 Å². The number of methoxy groups -OCH3 is 1. The second kappa shape index (κ2) is 7.94. The third-order valence-electron chi connectivity index (χ3n) is 4.96. The van der Waals surface area contributed by atoms with Crippen molar-refractivity contribution in [3.63, 3.8) is 0 Å². The highest BCUT2D eigenvalue weighted by atomic mass is 32.2. The van der Waals surface area contributed by atoms with Crippen LogP contribution in [0.2, 0.25) is 0 Å². The van der Waals surface area contributed by atoms with E-state index in [1.807, 2.05) is 0 Å². The van der Waals surface area contributed by atoms with Gasteiger partial charge in [0.15, 0.2) is 0 Å². The summed E-state index contributed by atoms with van der Waals surface area (Å²) in [6.45, 7) is 5.04. The topological polar surface area (TPSA) is 76.2 Å². The predicted octanol–water partition coefficient (Wildman–Crippen LogP) is 1.59. The lowest BCUT2D eigenvalue weighted by atomic mass is 10.0. The Bertz CT molecular complexity index is 759. The fourth-order valence-corrected chi connectivity index (χ4v) is 5.09. The number of amides is 1. The monoisotopic (exact) mass is 382 g/mol. The Hall–Kier alpha value is -1.64. The summed E-state index contributed by atoms with van der Waals surface area (Å²) in [4.78, 5) is 14.7. The van der Waals surface area contributed by atoms with Gasteiger partial charge in [-0.25, -0.2) is 8.42 Å². The second-order valence-corrected chi connectivity index (χ2v) is 8.82.